The molecule has 0 radical (unpaired) electrons. The topological polar surface area (TPSA) is 68.5 Å². The molecule has 6 nitrogen and oxygen atoms in total. The van der Waals surface area contributed by atoms with E-state index in [4.69, 9.17) is 0 Å². The van der Waals surface area contributed by atoms with Crippen LogP contribution in [0.2, 0.25) is 0 Å². The number of aryl methyl sites for hydroxylation is 1. The van der Waals surface area contributed by atoms with Gasteiger partial charge >= 0.3 is 0 Å². The zero-order chi connectivity index (χ0) is 16.9. The summed E-state index contributed by atoms with van der Waals surface area (Å²) in [7, 11) is 0. The molecule has 0 saturated carbocycles. The molecule has 0 aliphatic heterocycles. The first-order chi connectivity index (χ1) is 12.4. The molecule has 4 aromatic rings. The largest absolute Gasteiger partial charge is 0.354 e. The fourth-order valence-corrected chi connectivity index (χ4v) is 2.75. The van der Waals surface area contributed by atoms with Gasteiger partial charge in [0.05, 0.1) is 17.4 Å². The summed E-state index contributed by atoms with van der Waals surface area (Å²) in [6, 6.07) is 14.0. The number of nitrogens with one attached hydrogen (secondary N) is 1. The number of hydrogen-bond donors (Lipinski definition) is 1. The molecule has 0 fully saturated rings. The first kappa shape index (κ1) is 15.3. The minimum absolute atomic E-state index is 0.631. The monoisotopic (exact) mass is 330 g/mol. The third-order valence-electron chi connectivity index (χ3n) is 3.99. The molecule has 25 heavy (non-hydrogen) atoms. The lowest BCUT2D eigenvalue weighted by atomic mass is 10.2. The molecule has 0 bridgehead atoms. The molecular formula is C19H18N6. The quantitative estimate of drug-likeness (QED) is 0.549. The third kappa shape index (κ3) is 3.47. The molecule has 1 N–H and O–H groups in total. The maximum Gasteiger partial charge on any atom is 0.223 e. The molecule has 6 heteroatoms. The Kier molecular flexibility index (Phi) is 4.33. The van der Waals surface area contributed by atoms with E-state index < -0.39 is 0 Å². The van der Waals surface area contributed by atoms with Crippen LogP contribution < -0.4 is 5.32 Å². The van der Waals surface area contributed by atoms with Crippen molar-refractivity contribution in [1.29, 1.82) is 0 Å². The van der Waals surface area contributed by atoms with E-state index in [9.17, 15) is 0 Å². The van der Waals surface area contributed by atoms with Gasteiger partial charge in [0.2, 0.25) is 5.95 Å². The second-order valence-electron chi connectivity index (χ2n) is 5.71. The van der Waals surface area contributed by atoms with E-state index in [1.165, 1.54) is 5.39 Å². The normalized spacial score (nSPS) is 10.9. The minimum atomic E-state index is 0.631. The van der Waals surface area contributed by atoms with Gasteiger partial charge in [0, 0.05) is 42.6 Å². The summed E-state index contributed by atoms with van der Waals surface area (Å²) in [6.07, 6.45) is 8.16. The molecular weight excluding hydrogens is 312 g/mol. The zero-order valence-electron chi connectivity index (χ0n) is 13.7. The average Bonchev–Trinajstić information content (AvgIpc) is 3.09. The average molecular weight is 330 g/mol. The van der Waals surface area contributed by atoms with E-state index >= 15 is 0 Å². The van der Waals surface area contributed by atoms with Crippen LogP contribution in [-0.4, -0.2) is 31.3 Å². The van der Waals surface area contributed by atoms with Crippen LogP contribution in [-0.2, 0) is 6.54 Å². The Morgan fingerprint density at radius 2 is 1.92 bits per heavy atom. The molecule has 0 unspecified atom stereocenters. The number of para-hydroxylation sites is 1. The van der Waals surface area contributed by atoms with Crippen molar-refractivity contribution in [2.45, 2.75) is 13.0 Å². The molecule has 0 atom stereocenters. The standard InChI is InChI=1S/C19H18N6/c1-2-7-18-16(5-1)14-23-25(18)12-4-10-21-19-22-11-8-17(24-19)15-6-3-9-20-13-15/h1-3,5-9,11,13-14H,4,10,12H2,(H,21,22,24). The highest BCUT2D eigenvalue weighted by molar-refractivity contribution is 5.78. The van der Waals surface area contributed by atoms with Gasteiger partial charge in [-0.25, -0.2) is 9.97 Å². The van der Waals surface area contributed by atoms with E-state index in [1.54, 1.807) is 18.6 Å². The fourth-order valence-electron chi connectivity index (χ4n) is 2.75. The Labute approximate surface area is 145 Å². The number of pyridine rings is 1. The van der Waals surface area contributed by atoms with Crippen LogP contribution in [0.5, 0.6) is 0 Å². The number of aromatic nitrogens is 5. The van der Waals surface area contributed by atoms with Crippen LogP contribution in [0.3, 0.4) is 0 Å². The number of rotatable bonds is 6. The predicted octanol–water partition coefficient (Wildman–Crippen LogP) is 3.39. The Morgan fingerprint density at radius 1 is 0.960 bits per heavy atom. The molecule has 0 amide bonds. The van der Waals surface area contributed by atoms with E-state index in [0.717, 1.165) is 36.3 Å². The Bertz CT molecular complexity index is 964. The van der Waals surface area contributed by atoms with E-state index in [0.29, 0.717) is 5.95 Å². The van der Waals surface area contributed by atoms with Gasteiger partial charge in [0.15, 0.2) is 0 Å². The van der Waals surface area contributed by atoms with Crippen LogP contribution in [0, 0.1) is 0 Å². The summed E-state index contributed by atoms with van der Waals surface area (Å²) in [5.74, 6) is 0.631. The highest BCUT2D eigenvalue weighted by Crippen LogP contribution is 2.16. The molecule has 0 aliphatic carbocycles. The number of anilines is 1. The number of nitrogens with zero attached hydrogens (tertiary/aromatic N) is 5. The third-order valence-corrected chi connectivity index (χ3v) is 3.99. The van der Waals surface area contributed by atoms with Gasteiger partial charge in [0.1, 0.15) is 0 Å². The Balaban J connectivity index is 1.36. The van der Waals surface area contributed by atoms with Crippen molar-refractivity contribution in [1.82, 2.24) is 24.7 Å². The van der Waals surface area contributed by atoms with Crippen molar-refractivity contribution >= 4 is 16.9 Å². The molecule has 3 heterocycles. The minimum Gasteiger partial charge on any atom is -0.354 e. The van der Waals surface area contributed by atoms with Gasteiger partial charge in [-0.2, -0.15) is 5.10 Å². The van der Waals surface area contributed by atoms with Gasteiger partial charge in [-0.05, 0) is 30.7 Å². The van der Waals surface area contributed by atoms with Gasteiger partial charge in [-0.3, -0.25) is 9.67 Å². The lowest BCUT2D eigenvalue weighted by molar-refractivity contribution is 0.609. The first-order valence-corrected chi connectivity index (χ1v) is 8.28. The van der Waals surface area contributed by atoms with Crippen LogP contribution in [0.25, 0.3) is 22.2 Å². The van der Waals surface area contributed by atoms with Gasteiger partial charge in [-0.15, -0.1) is 0 Å². The molecule has 0 saturated heterocycles. The fraction of sp³-hybridized carbons (Fsp3) is 0.158. The summed E-state index contributed by atoms with van der Waals surface area (Å²) < 4.78 is 2.03. The number of hydrogen-bond acceptors (Lipinski definition) is 5. The number of benzene rings is 1. The van der Waals surface area contributed by atoms with Crippen molar-refractivity contribution in [2.24, 2.45) is 0 Å². The Morgan fingerprint density at radius 3 is 2.84 bits per heavy atom. The van der Waals surface area contributed by atoms with Crippen molar-refractivity contribution in [3.63, 3.8) is 0 Å². The maximum absolute atomic E-state index is 4.54. The van der Waals surface area contributed by atoms with Gasteiger partial charge < -0.3 is 5.32 Å². The second-order valence-corrected chi connectivity index (χ2v) is 5.71. The van der Waals surface area contributed by atoms with Crippen molar-refractivity contribution in [3.05, 3.63) is 67.3 Å². The van der Waals surface area contributed by atoms with Crippen molar-refractivity contribution in [2.75, 3.05) is 11.9 Å². The maximum atomic E-state index is 4.54. The van der Waals surface area contributed by atoms with Crippen molar-refractivity contribution < 1.29 is 0 Å². The molecule has 124 valence electrons. The summed E-state index contributed by atoms with van der Waals surface area (Å²) in [5, 5.41) is 8.90. The highest BCUT2D eigenvalue weighted by atomic mass is 15.3. The second kappa shape index (κ2) is 7.09. The lowest BCUT2D eigenvalue weighted by Crippen LogP contribution is -2.09. The Hall–Kier alpha value is -3.28. The van der Waals surface area contributed by atoms with Crippen LogP contribution >= 0.6 is 0 Å². The van der Waals surface area contributed by atoms with E-state index in [1.807, 2.05) is 41.2 Å². The smallest absolute Gasteiger partial charge is 0.223 e. The van der Waals surface area contributed by atoms with Crippen molar-refractivity contribution in [3.8, 4) is 11.3 Å². The summed E-state index contributed by atoms with van der Waals surface area (Å²) in [5.41, 5.74) is 3.01. The molecule has 0 aliphatic rings. The zero-order valence-corrected chi connectivity index (χ0v) is 13.7. The lowest BCUT2D eigenvalue weighted by Gasteiger charge is -2.07. The van der Waals surface area contributed by atoms with Crippen LogP contribution in [0.15, 0.2) is 67.3 Å². The van der Waals surface area contributed by atoms with Gasteiger partial charge in [0.25, 0.3) is 0 Å². The molecule has 4 rings (SSSR count). The van der Waals surface area contributed by atoms with Gasteiger partial charge in [-0.1, -0.05) is 18.2 Å². The van der Waals surface area contributed by atoms with Crippen LogP contribution in [0.1, 0.15) is 6.42 Å². The van der Waals surface area contributed by atoms with E-state index in [2.05, 4.69) is 37.5 Å². The summed E-state index contributed by atoms with van der Waals surface area (Å²) in [6.45, 7) is 1.63. The summed E-state index contributed by atoms with van der Waals surface area (Å²) >= 11 is 0. The predicted molar refractivity (Wildman–Crippen MR) is 98.1 cm³/mol. The molecule has 3 aromatic heterocycles. The highest BCUT2D eigenvalue weighted by Gasteiger charge is 2.03. The SMILES string of the molecule is c1cncc(-c2ccnc(NCCCn3ncc4ccccc43)n2)c1. The molecule has 0 spiro atoms. The van der Waals surface area contributed by atoms with E-state index in [-0.39, 0.29) is 0 Å². The number of fused-ring (bicyclic) bond motifs is 1. The molecule has 1 aromatic carbocycles. The first-order valence-electron chi connectivity index (χ1n) is 8.28. The van der Waals surface area contributed by atoms with Crippen LogP contribution in [0.4, 0.5) is 5.95 Å². The summed E-state index contributed by atoms with van der Waals surface area (Å²) in [4.78, 5) is 13.0.